The van der Waals surface area contributed by atoms with Crippen LogP contribution in [0.5, 0.6) is 0 Å². The van der Waals surface area contributed by atoms with Crippen LogP contribution in [0, 0.1) is 29.6 Å². The highest BCUT2D eigenvalue weighted by Crippen LogP contribution is 2.51. The van der Waals surface area contributed by atoms with Gasteiger partial charge < -0.3 is 5.11 Å². The molecule has 0 aromatic rings. The molecule has 15 heavy (non-hydrogen) atoms. The van der Waals surface area contributed by atoms with Crippen LogP contribution in [-0.4, -0.2) is 11.2 Å². The Morgan fingerprint density at radius 1 is 1.67 bits per heavy atom. The molecule has 0 saturated heterocycles. The Hall–Kier alpha value is -1.00. The highest BCUT2D eigenvalue weighted by Gasteiger charge is 2.46. The van der Waals surface area contributed by atoms with Gasteiger partial charge in [-0.2, -0.15) is 0 Å². The molecule has 0 aromatic carbocycles. The highest BCUT2D eigenvalue weighted by molar-refractivity contribution is 5.29. The van der Waals surface area contributed by atoms with Crippen molar-refractivity contribution in [2.75, 3.05) is 0 Å². The molecule has 0 amide bonds. The molecule has 1 N–H and O–H groups in total. The standard InChI is InChI=1S/C14H18O/c1-4-11-7-8-14(3)12(9-11)10(2)5-6-13(14)15/h1,5-6,11-13,15H,2,7-9H2,3H3. The largest absolute Gasteiger partial charge is 0.388 e. The van der Waals surface area contributed by atoms with Crippen LogP contribution < -0.4 is 0 Å². The monoisotopic (exact) mass is 202 g/mol. The molecule has 1 heteroatoms. The van der Waals surface area contributed by atoms with Crippen molar-refractivity contribution >= 4 is 0 Å². The van der Waals surface area contributed by atoms with Gasteiger partial charge in [0.2, 0.25) is 0 Å². The van der Waals surface area contributed by atoms with Crippen LogP contribution >= 0.6 is 0 Å². The Bertz CT molecular complexity index is 347. The molecule has 4 unspecified atom stereocenters. The third-order valence-corrected chi connectivity index (χ3v) is 4.20. The van der Waals surface area contributed by atoms with Crippen LogP contribution in [0.1, 0.15) is 26.2 Å². The zero-order valence-electron chi connectivity index (χ0n) is 9.24. The van der Waals surface area contributed by atoms with Crippen molar-refractivity contribution in [3.05, 3.63) is 24.3 Å². The molecule has 0 aliphatic heterocycles. The lowest BCUT2D eigenvalue weighted by Crippen LogP contribution is -2.45. The van der Waals surface area contributed by atoms with E-state index < -0.39 is 0 Å². The van der Waals surface area contributed by atoms with Gasteiger partial charge in [0.1, 0.15) is 0 Å². The predicted octanol–water partition coefficient (Wildman–Crippen LogP) is 2.53. The zero-order chi connectivity index (χ0) is 11.1. The minimum Gasteiger partial charge on any atom is -0.388 e. The van der Waals surface area contributed by atoms with Crippen molar-refractivity contribution in [3.63, 3.8) is 0 Å². The normalized spacial score (nSPS) is 44.6. The molecule has 2 rings (SSSR count). The third kappa shape index (κ3) is 1.54. The molecule has 80 valence electrons. The number of allylic oxidation sites excluding steroid dienone is 2. The van der Waals surface area contributed by atoms with Crippen LogP contribution in [0.15, 0.2) is 24.3 Å². The lowest BCUT2D eigenvalue weighted by molar-refractivity contribution is -0.00326. The van der Waals surface area contributed by atoms with Crippen LogP contribution in [0.4, 0.5) is 0 Å². The van der Waals surface area contributed by atoms with Crippen LogP contribution in [0.25, 0.3) is 0 Å². The van der Waals surface area contributed by atoms with E-state index in [0.29, 0.717) is 11.8 Å². The van der Waals surface area contributed by atoms with E-state index >= 15 is 0 Å². The maximum atomic E-state index is 10.1. The quantitative estimate of drug-likeness (QED) is 0.598. The zero-order valence-corrected chi connectivity index (χ0v) is 9.24. The topological polar surface area (TPSA) is 20.2 Å². The van der Waals surface area contributed by atoms with E-state index in [1.54, 1.807) is 0 Å². The summed E-state index contributed by atoms with van der Waals surface area (Å²) >= 11 is 0. The molecule has 1 nitrogen and oxygen atoms in total. The van der Waals surface area contributed by atoms with E-state index in [1.165, 1.54) is 0 Å². The SMILES string of the molecule is C#CC1CCC2(C)C(O)C=CC(=C)C2C1. The molecular formula is C14H18O. The minimum atomic E-state index is -0.341. The van der Waals surface area contributed by atoms with Crippen molar-refractivity contribution in [2.45, 2.75) is 32.3 Å². The summed E-state index contributed by atoms with van der Waals surface area (Å²) in [6.45, 7) is 6.24. The molecule has 0 aromatic heterocycles. The molecule has 1 fully saturated rings. The van der Waals surface area contributed by atoms with Crippen LogP contribution in [0.3, 0.4) is 0 Å². The summed E-state index contributed by atoms with van der Waals surface area (Å²) in [5.41, 5.74) is 1.09. The fraction of sp³-hybridized carbons (Fsp3) is 0.571. The van der Waals surface area contributed by atoms with Gasteiger partial charge in [0.15, 0.2) is 0 Å². The Morgan fingerprint density at radius 2 is 2.40 bits per heavy atom. The Kier molecular flexibility index (Phi) is 2.48. The second-order valence-corrected chi connectivity index (χ2v) is 5.08. The Balaban J connectivity index is 2.30. The number of rotatable bonds is 0. The molecule has 2 aliphatic carbocycles. The molecule has 1 saturated carbocycles. The van der Waals surface area contributed by atoms with Crippen molar-refractivity contribution < 1.29 is 5.11 Å². The fourth-order valence-electron chi connectivity index (χ4n) is 2.96. The number of aliphatic hydroxyl groups is 1. The minimum absolute atomic E-state index is 0.0425. The van der Waals surface area contributed by atoms with Gasteiger partial charge in [-0.05, 0) is 25.2 Å². The molecule has 0 spiro atoms. The molecule has 0 bridgehead atoms. The van der Waals surface area contributed by atoms with Crippen molar-refractivity contribution in [1.82, 2.24) is 0 Å². The highest BCUT2D eigenvalue weighted by atomic mass is 16.3. The van der Waals surface area contributed by atoms with E-state index in [0.717, 1.165) is 24.8 Å². The van der Waals surface area contributed by atoms with Gasteiger partial charge in [-0.3, -0.25) is 0 Å². The van der Waals surface area contributed by atoms with Gasteiger partial charge in [0.25, 0.3) is 0 Å². The Labute approximate surface area is 91.9 Å². The van der Waals surface area contributed by atoms with Gasteiger partial charge in [0, 0.05) is 11.3 Å². The van der Waals surface area contributed by atoms with Crippen LogP contribution in [0.2, 0.25) is 0 Å². The van der Waals surface area contributed by atoms with E-state index in [-0.39, 0.29) is 11.5 Å². The van der Waals surface area contributed by atoms with Crippen molar-refractivity contribution in [3.8, 4) is 12.3 Å². The third-order valence-electron chi connectivity index (χ3n) is 4.20. The van der Waals surface area contributed by atoms with Crippen molar-refractivity contribution in [2.24, 2.45) is 17.3 Å². The first kappa shape index (κ1) is 10.5. The van der Waals surface area contributed by atoms with Gasteiger partial charge >= 0.3 is 0 Å². The predicted molar refractivity (Wildman–Crippen MR) is 62.1 cm³/mol. The summed E-state index contributed by atoms with van der Waals surface area (Å²) in [4.78, 5) is 0. The molecule has 2 aliphatic rings. The second-order valence-electron chi connectivity index (χ2n) is 5.08. The molecule has 0 heterocycles. The fourth-order valence-corrected chi connectivity index (χ4v) is 2.96. The Morgan fingerprint density at radius 3 is 3.07 bits per heavy atom. The first-order valence-corrected chi connectivity index (χ1v) is 5.59. The van der Waals surface area contributed by atoms with Gasteiger partial charge in [-0.1, -0.05) is 31.2 Å². The summed E-state index contributed by atoms with van der Waals surface area (Å²) in [6, 6.07) is 0. The number of fused-ring (bicyclic) bond motifs is 1. The maximum Gasteiger partial charge on any atom is 0.0783 e. The summed E-state index contributed by atoms with van der Waals surface area (Å²) in [5, 5.41) is 10.1. The van der Waals surface area contributed by atoms with E-state index in [2.05, 4.69) is 19.4 Å². The maximum absolute atomic E-state index is 10.1. The summed E-state index contributed by atoms with van der Waals surface area (Å²) < 4.78 is 0. The first-order valence-electron chi connectivity index (χ1n) is 5.59. The smallest absolute Gasteiger partial charge is 0.0783 e. The van der Waals surface area contributed by atoms with Gasteiger partial charge in [-0.15, -0.1) is 12.3 Å². The summed E-state index contributed by atoms with van der Waals surface area (Å²) in [7, 11) is 0. The van der Waals surface area contributed by atoms with E-state index in [4.69, 9.17) is 6.42 Å². The number of aliphatic hydroxyl groups excluding tert-OH is 1. The lowest BCUT2D eigenvalue weighted by atomic mass is 9.57. The van der Waals surface area contributed by atoms with Gasteiger partial charge in [0.05, 0.1) is 6.10 Å². The molecule has 4 atom stereocenters. The van der Waals surface area contributed by atoms with E-state index in [9.17, 15) is 5.11 Å². The average Bonchev–Trinajstić information content (AvgIpc) is 2.24. The van der Waals surface area contributed by atoms with Crippen LogP contribution in [-0.2, 0) is 0 Å². The second kappa shape index (κ2) is 3.54. The average molecular weight is 202 g/mol. The molecule has 0 radical (unpaired) electrons. The van der Waals surface area contributed by atoms with Gasteiger partial charge in [-0.25, -0.2) is 0 Å². The van der Waals surface area contributed by atoms with Crippen molar-refractivity contribution in [1.29, 1.82) is 0 Å². The number of terminal acetylenes is 1. The lowest BCUT2D eigenvalue weighted by Gasteiger charge is -2.48. The summed E-state index contributed by atoms with van der Waals surface area (Å²) in [5.74, 6) is 3.56. The first-order chi connectivity index (χ1) is 7.08. The number of hydrogen-bond acceptors (Lipinski definition) is 1. The number of hydrogen-bond donors (Lipinski definition) is 1. The molecular weight excluding hydrogens is 184 g/mol. The van der Waals surface area contributed by atoms with E-state index in [1.807, 2.05) is 12.2 Å². The summed E-state index contributed by atoms with van der Waals surface area (Å²) in [6.07, 6.45) is 12.0.